The van der Waals surface area contributed by atoms with Crippen molar-refractivity contribution in [1.29, 1.82) is 0 Å². The van der Waals surface area contributed by atoms with Crippen LogP contribution in [0.15, 0.2) is 0 Å². The molecule has 0 spiro atoms. The lowest BCUT2D eigenvalue weighted by molar-refractivity contribution is -0.154. The molecule has 2 unspecified atom stereocenters. The van der Waals surface area contributed by atoms with Crippen LogP contribution in [-0.2, 0) is 9.53 Å². The molecule has 1 saturated heterocycles. The minimum Gasteiger partial charge on any atom is -0.369 e. The van der Waals surface area contributed by atoms with Gasteiger partial charge in [-0.1, -0.05) is 6.92 Å². The summed E-state index contributed by atoms with van der Waals surface area (Å²) in [6.07, 6.45) is 5.69. The second kappa shape index (κ2) is 6.23. The molecule has 0 aromatic heterocycles. The predicted molar refractivity (Wildman–Crippen MR) is 76.0 cm³/mol. The number of rotatable bonds is 7. The molecule has 19 heavy (non-hydrogen) atoms. The third-order valence-corrected chi connectivity index (χ3v) is 4.64. The van der Waals surface area contributed by atoms with Gasteiger partial charge in [-0.05, 0) is 51.5 Å². The Hall–Kier alpha value is -0.610. The summed E-state index contributed by atoms with van der Waals surface area (Å²) in [4.78, 5) is 14.8. The van der Waals surface area contributed by atoms with Gasteiger partial charge in [-0.2, -0.15) is 0 Å². The molecule has 1 N–H and O–H groups in total. The van der Waals surface area contributed by atoms with Crippen LogP contribution in [0, 0.1) is 5.92 Å². The number of nitrogens with one attached hydrogen (secondary N) is 1. The minimum absolute atomic E-state index is 0.165. The van der Waals surface area contributed by atoms with Crippen molar-refractivity contribution >= 4 is 5.91 Å². The van der Waals surface area contributed by atoms with Gasteiger partial charge in [-0.15, -0.1) is 0 Å². The zero-order valence-corrected chi connectivity index (χ0v) is 12.6. The number of ether oxygens (including phenoxy) is 1. The Kier molecular flexibility index (Phi) is 4.85. The van der Waals surface area contributed by atoms with Crippen LogP contribution in [-0.4, -0.2) is 49.2 Å². The van der Waals surface area contributed by atoms with Crippen molar-refractivity contribution in [3.8, 4) is 0 Å². The van der Waals surface area contributed by atoms with Crippen LogP contribution < -0.4 is 5.32 Å². The molecule has 2 rings (SSSR count). The van der Waals surface area contributed by atoms with Gasteiger partial charge in [0.2, 0.25) is 0 Å². The average Bonchev–Trinajstić information content (AvgIpc) is 3.10. The number of nitrogens with zero attached hydrogens (tertiary/aromatic N) is 1. The third-order valence-electron chi connectivity index (χ3n) is 4.64. The molecule has 2 atom stereocenters. The fourth-order valence-electron chi connectivity index (χ4n) is 2.75. The van der Waals surface area contributed by atoms with Gasteiger partial charge in [0.15, 0.2) is 0 Å². The lowest BCUT2D eigenvalue weighted by atomic mass is 10.0. The molecule has 1 aliphatic carbocycles. The quantitative estimate of drug-likeness (QED) is 0.765. The van der Waals surface area contributed by atoms with E-state index in [0.717, 1.165) is 32.0 Å². The average molecular weight is 268 g/mol. The molecule has 1 saturated carbocycles. The summed E-state index contributed by atoms with van der Waals surface area (Å²) in [6.45, 7) is 6.78. The molecule has 2 fully saturated rings. The lowest BCUT2D eigenvalue weighted by Gasteiger charge is -2.34. The van der Waals surface area contributed by atoms with Crippen LogP contribution in [0.4, 0.5) is 0 Å². The monoisotopic (exact) mass is 268 g/mol. The molecule has 0 radical (unpaired) electrons. The molecule has 0 aromatic carbocycles. The van der Waals surface area contributed by atoms with Gasteiger partial charge in [0.05, 0.1) is 0 Å². The molecular formula is C15H28N2O2. The van der Waals surface area contributed by atoms with E-state index in [2.05, 4.69) is 5.32 Å². The first-order chi connectivity index (χ1) is 9.09. The van der Waals surface area contributed by atoms with Gasteiger partial charge < -0.3 is 15.0 Å². The maximum Gasteiger partial charge on any atom is 0.254 e. The smallest absolute Gasteiger partial charge is 0.254 e. The number of methoxy groups -OCH3 is 1. The molecule has 110 valence electrons. The van der Waals surface area contributed by atoms with Crippen molar-refractivity contribution in [3.05, 3.63) is 0 Å². The van der Waals surface area contributed by atoms with Crippen LogP contribution in [0.3, 0.4) is 0 Å². The normalized spacial score (nSPS) is 26.2. The van der Waals surface area contributed by atoms with E-state index in [9.17, 15) is 4.79 Å². The fourth-order valence-corrected chi connectivity index (χ4v) is 2.75. The maximum absolute atomic E-state index is 12.8. The number of hydrogen-bond donors (Lipinski definition) is 1. The summed E-state index contributed by atoms with van der Waals surface area (Å²) >= 11 is 0. The van der Waals surface area contributed by atoms with E-state index >= 15 is 0 Å². The fraction of sp³-hybridized carbons (Fsp3) is 0.933. The van der Waals surface area contributed by atoms with Crippen molar-refractivity contribution in [3.63, 3.8) is 0 Å². The highest BCUT2D eigenvalue weighted by molar-refractivity contribution is 5.85. The Labute approximate surface area is 116 Å². The van der Waals surface area contributed by atoms with Gasteiger partial charge in [0, 0.05) is 26.2 Å². The highest BCUT2D eigenvalue weighted by atomic mass is 16.5. The third kappa shape index (κ3) is 3.69. The number of hydrogen-bond acceptors (Lipinski definition) is 3. The molecular weight excluding hydrogens is 240 g/mol. The molecule has 1 aliphatic heterocycles. The first kappa shape index (κ1) is 14.8. The van der Waals surface area contributed by atoms with Gasteiger partial charge in [0.25, 0.3) is 5.91 Å². The van der Waals surface area contributed by atoms with E-state index < -0.39 is 5.60 Å². The molecule has 2 aliphatic rings. The number of carbonyl (C=O) groups excluding carboxylic acids is 1. The second-order valence-corrected chi connectivity index (χ2v) is 6.24. The zero-order chi connectivity index (χ0) is 13.9. The Bertz CT molecular complexity index is 305. The van der Waals surface area contributed by atoms with Crippen LogP contribution in [0.2, 0.25) is 0 Å². The Balaban J connectivity index is 2.00. The summed E-state index contributed by atoms with van der Waals surface area (Å²) < 4.78 is 5.48. The van der Waals surface area contributed by atoms with Crippen molar-refractivity contribution in [1.82, 2.24) is 10.2 Å². The van der Waals surface area contributed by atoms with Gasteiger partial charge in [-0.25, -0.2) is 0 Å². The summed E-state index contributed by atoms with van der Waals surface area (Å²) in [7, 11) is 1.64. The summed E-state index contributed by atoms with van der Waals surface area (Å²) in [5.74, 6) is 0.890. The van der Waals surface area contributed by atoms with Gasteiger partial charge in [0.1, 0.15) is 5.60 Å². The predicted octanol–water partition coefficient (Wildman–Crippen LogP) is 1.79. The van der Waals surface area contributed by atoms with Crippen molar-refractivity contribution in [2.45, 2.75) is 57.6 Å². The Morgan fingerprint density at radius 3 is 2.58 bits per heavy atom. The van der Waals surface area contributed by atoms with E-state index in [-0.39, 0.29) is 5.91 Å². The first-order valence-corrected chi connectivity index (χ1v) is 7.67. The second-order valence-electron chi connectivity index (χ2n) is 6.24. The molecule has 0 bridgehead atoms. The van der Waals surface area contributed by atoms with Crippen LogP contribution in [0.25, 0.3) is 0 Å². The van der Waals surface area contributed by atoms with E-state index in [1.807, 2.05) is 18.7 Å². The van der Waals surface area contributed by atoms with Crippen molar-refractivity contribution in [2.24, 2.45) is 5.92 Å². The summed E-state index contributed by atoms with van der Waals surface area (Å²) in [6, 6.07) is 0.473. The highest BCUT2D eigenvalue weighted by Crippen LogP contribution is 2.31. The largest absolute Gasteiger partial charge is 0.369 e. The van der Waals surface area contributed by atoms with Crippen LogP contribution in [0.1, 0.15) is 46.0 Å². The van der Waals surface area contributed by atoms with Crippen LogP contribution >= 0.6 is 0 Å². The van der Waals surface area contributed by atoms with E-state index in [4.69, 9.17) is 4.74 Å². The Morgan fingerprint density at radius 1 is 1.37 bits per heavy atom. The van der Waals surface area contributed by atoms with Crippen molar-refractivity contribution < 1.29 is 9.53 Å². The minimum atomic E-state index is -0.659. The first-order valence-electron chi connectivity index (χ1n) is 7.67. The SMILES string of the molecule is CCC(C)(OC)C(=O)N(CC1CC1)CC1CCCN1. The molecule has 4 nitrogen and oxygen atoms in total. The zero-order valence-electron chi connectivity index (χ0n) is 12.6. The lowest BCUT2D eigenvalue weighted by Crippen LogP contribution is -2.52. The van der Waals surface area contributed by atoms with E-state index in [1.54, 1.807) is 7.11 Å². The molecule has 1 heterocycles. The maximum atomic E-state index is 12.8. The van der Waals surface area contributed by atoms with Gasteiger partial charge in [-0.3, -0.25) is 4.79 Å². The molecule has 0 aromatic rings. The van der Waals surface area contributed by atoms with Crippen LogP contribution in [0.5, 0.6) is 0 Å². The van der Waals surface area contributed by atoms with Gasteiger partial charge >= 0.3 is 0 Å². The Morgan fingerprint density at radius 2 is 2.11 bits per heavy atom. The van der Waals surface area contributed by atoms with Crippen molar-refractivity contribution in [2.75, 3.05) is 26.7 Å². The standard InChI is InChI=1S/C15H28N2O2/c1-4-15(2,19-3)14(18)17(10-12-7-8-12)11-13-6-5-9-16-13/h12-13,16H,4-11H2,1-3H3. The highest BCUT2D eigenvalue weighted by Gasteiger charge is 2.38. The molecule has 1 amide bonds. The number of amides is 1. The molecule has 4 heteroatoms. The number of carbonyl (C=O) groups is 1. The summed E-state index contributed by atoms with van der Waals surface area (Å²) in [5, 5.41) is 3.49. The summed E-state index contributed by atoms with van der Waals surface area (Å²) in [5.41, 5.74) is -0.659. The van der Waals surface area contributed by atoms with E-state index in [0.29, 0.717) is 6.04 Å². The van der Waals surface area contributed by atoms with E-state index in [1.165, 1.54) is 25.7 Å². The topological polar surface area (TPSA) is 41.6 Å².